The summed E-state index contributed by atoms with van der Waals surface area (Å²) in [6.07, 6.45) is -8.68. The first-order valence-electron chi connectivity index (χ1n) is 9.46. The molecule has 0 aliphatic heterocycles. The average molecular weight is 455 g/mol. The predicted molar refractivity (Wildman–Crippen MR) is 107 cm³/mol. The van der Waals surface area contributed by atoms with Gasteiger partial charge in [-0.25, -0.2) is 0 Å². The molecule has 0 atom stereocenters. The summed E-state index contributed by atoms with van der Waals surface area (Å²) in [6.45, 7) is 6.08. The van der Waals surface area contributed by atoms with E-state index >= 15 is 0 Å². The molecule has 3 rings (SSSR count). The molecule has 170 valence electrons. The van der Waals surface area contributed by atoms with Gasteiger partial charge in [0, 0.05) is 5.56 Å². The minimum Gasteiger partial charge on any atom is -0.455 e. The number of nitrogens with zero attached hydrogens (tertiary/aromatic N) is 1. The Kier molecular flexibility index (Phi) is 6.39. The molecule has 3 nitrogen and oxygen atoms in total. The number of hydrogen-bond donors (Lipinski definition) is 0. The summed E-state index contributed by atoms with van der Waals surface area (Å²) in [5, 5.41) is 3.78. The number of aryl methyl sites for hydroxylation is 3. The maximum atomic E-state index is 13.0. The van der Waals surface area contributed by atoms with Crippen molar-refractivity contribution in [1.29, 1.82) is 0 Å². The summed E-state index contributed by atoms with van der Waals surface area (Å²) in [5.41, 5.74) is 1.00. The molecular weight excluding hydrogens is 436 g/mol. The van der Waals surface area contributed by atoms with E-state index in [4.69, 9.17) is 9.25 Å². The van der Waals surface area contributed by atoms with Crippen molar-refractivity contribution >= 4 is 6.21 Å². The van der Waals surface area contributed by atoms with Gasteiger partial charge in [-0.05, 0) is 67.8 Å². The highest BCUT2D eigenvalue weighted by molar-refractivity contribution is 5.77. The standard InChI is InChI=1S/C23H19F6NO2/c1-13-6-14(2)20(15(3)7-13)12-31-30-11-19-4-5-21(32-19)16-8-17(22(24,25)26)10-18(9-16)23(27,28)29/h4-11H,12H2,1-3H3. The fraction of sp³-hybridized carbons (Fsp3) is 0.261. The van der Waals surface area contributed by atoms with Gasteiger partial charge in [0.2, 0.25) is 0 Å². The molecule has 0 fully saturated rings. The van der Waals surface area contributed by atoms with Crippen molar-refractivity contribution in [3.63, 3.8) is 0 Å². The topological polar surface area (TPSA) is 34.7 Å². The van der Waals surface area contributed by atoms with Gasteiger partial charge in [-0.1, -0.05) is 22.9 Å². The van der Waals surface area contributed by atoms with Crippen molar-refractivity contribution < 1.29 is 35.6 Å². The Morgan fingerprint density at radius 1 is 0.844 bits per heavy atom. The maximum Gasteiger partial charge on any atom is 0.416 e. The van der Waals surface area contributed by atoms with Gasteiger partial charge in [0.15, 0.2) is 0 Å². The molecular formula is C23H19F6NO2. The van der Waals surface area contributed by atoms with Gasteiger partial charge >= 0.3 is 12.4 Å². The summed E-state index contributed by atoms with van der Waals surface area (Å²) in [6, 6.07) is 7.95. The van der Waals surface area contributed by atoms with Gasteiger partial charge < -0.3 is 9.25 Å². The zero-order valence-electron chi connectivity index (χ0n) is 17.4. The Morgan fingerprint density at radius 2 is 1.41 bits per heavy atom. The van der Waals surface area contributed by atoms with Crippen LogP contribution in [0.1, 0.15) is 39.1 Å². The molecule has 1 heterocycles. The third-order valence-corrected chi connectivity index (χ3v) is 4.80. The first-order valence-corrected chi connectivity index (χ1v) is 9.46. The number of benzene rings is 2. The normalized spacial score (nSPS) is 12.5. The van der Waals surface area contributed by atoms with Crippen molar-refractivity contribution in [2.45, 2.75) is 39.7 Å². The number of alkyl halides is 6. The first kappa shape index (κ1) is 23.4. The summed E-state index contributed by atoms with van der Waals surface area (Å²) in [7, 11) is 0. The molecule has 0 amide bonds. The van der Waals surface area contributed by atoms with Crippen LogP contribution in [-0.2, 0) is 23.8 Å². The van der Waals surface area contributed by atoms with E-state index in [2.05, 4.69) is 5.16 Å². The summed E-state index contributed by atoms with van der Waals surface area (Å²) in [4.78, 5) is 5.28. The highest BCUT2D eigenvalue weighted by Crippen LogP contribution is 2.38. The quantitative estimate of drug-likeness (QED) is 0.227. The number of hydrogen-bond acceptors (Lipinski definition) is 3. The number of oxime groups is 1. The molecule has 0 saturated heterocycles. The first-order chi connectivity index (χ1) is 14.8. The van der Waals surface area contributed by atoms with Gasteiger partial charge in [-0.2, -0.15) is 26.3 Å². The van der Waals surface area contributed by atoms with Crippen molar-refractivity contribution in [1.82, 2.24) is 0 Å². The van der Waals surface area contributed by atoms with E-state index in [0.717, 1.165) is 22.3 Å². The lowest BCUT2D eigenvalue weighted by Gasteiger charge is -2.13. The second-order valence-electron chi connectivity index (χ2n) is 7.38. The molecule has 0 N–H and O–H groups in total. The SMILES string of the molecule is Cc1cc(C)c(CON=Cc2ccc(-c3cc(C(F)(F)F)cc(C(F)(F)F)c3)o2)c(C)c1. The minimum absolute atomic E-state index is 0.0672. The second kappa shape index (κ2) is 8.72. The Labute approximate surface area is 180 Å². The van der Waals surface area contributed by atoms with E-state index < -0.39 is 23.5 Å². The fourth-order valence-electron chi connectivity index (χ4n) is 3.30. The Morgan fingerprint density at radius 3 is 1.94 bits per heavy atom. The van der Waals surface area contributed by atoms with Crippen molar-refractivity contribution in [2.75, 3.05) is 0 Å². The molecule has 3 aromatic rings. The molecule has 0 radical (unpaired) electrons. The summed E-state index contributed by atoms with van der Waals surface area (Å²) < 4.78 is 83.6. The monoisotopic (exact) mass is 455 g/mol. The molecule has 9 heteroatoms. The molecule has 0 bridgehead atoms. The van der Waals surface area contributed by atoms with Crippen molar-refractivity contribution in [3.05, 3.63) is 81.6 Å². The highest BCUT2D eigenvalue weighted by atomic mass is 19.4. The summed E-state index contributed by atoms with van der Waals surface area (Å²) in [5.74, 6) is -0.0448. The smallest absolute Gasteiger partial charge is 0.416 e. The van der Waals surface area contributed by atoms with Crippen LogP contribution in [0.25, 0.3) is 11.3 Å². The van der Waals surface area contributed by atoms with E-state index in [0.29, 0.717) is 12.1 Å². The molecule has 0 spiro atoms. The molecule has 2 aromatic carbocycles. The molecule has 0 aliphatic rings. The third-order valence-electron chi connectivity index (χ3n) is 4.80. The van der Waals surface area contributed by atoms with Crippen LogP contribution in [0.3, 0.4) is 0 Å². The molecule has 32 heavy (non-hydrogen) atoms. The maximum absolute atomic E-state index is 13.0. The fourth-order valence-corrected chi connectivity index (χ4v) is 3.30. The van der Waals surface area contributed by atoms with Crippen molar-refractivity contribution in [2.24, 2.45) is 5.16 Å². The molecule has 0 unspecified atom stereocenters. The van der Waals surface area contributed by atoms with Crippen LogP contribution >= 0.6 is 0 Å². The van der Waals surface area contributed by atoms with Crippen LogP contribution < -0.4 is 0 Å². The van der Waals surface area contributed by atoms with E-state index in [-0.39, 0.29) is 29.8 Å². The summed E-state index contributed by atoms with van der Waals surface area (Å²) >= 11 is 0. The number of rotatable bonds is 5. The van der Waals surface area contributed by atoms with E-state index in [1.54, 1.807) is 0 Å². The van der Waals surface area contributed by atoms with Crippen LogP contribution in [0.4, 0.5) is 26.3 Å². The average Bonchev–Trinajstić information content (AvgIpc) is 3.14. The van der Waals surface area contributed by atoms with Crippen LogP contribution in [0.2, 0.25) is 0 Å². The highest BCUT2D eigenvalue weighted by Gasteiger charge is 2.37. The van der Waals surface area contributed by atoms with Crippen LogP contribution in [0.5, 0.6) is 0 Å². The van der Waals surface area contributed by atoms with Gasteiger partial charge in [0.05, 0.1) is 11.1 Å². The lowest BCUT2D eigenvalue weighted by Crippen LogP contribution is -2.11. The lowest BCUT2D eigenvalue weighted by molar-refractivity contribution is -0.143. The second-order valence-corrected chi connectivity index (χ2v) is 7.38. The van der Waals surface area contributed by atoms with Crippen LogP contribution in [0.15, 0.2) is 52.0 Å². The van der Waals surface area contributed by atoms with Gasteiger partial charge in [-0.15, -0.1) is 0 Å². The van der Waals surface area contributed by atoms with Gasteiger partial charge in [0.1, 0.15) is 24.3 Å². The van der Waals surface area contributed by atoms with Crippen LogP contribution in [-0.4, -0.2) is 6.21 Å². The zero-order valence-corrected chi connectivity index (χ0v) is 17.4. The molecule has 1 aromatic heterocycles. The van der Waals surface area contributed by atoms with Gasteiger partial charge in [0.25, 0.3) is 0 Å². The Balaban J connectivity index is 1.78. The zero-order chi connectivity index (χ0) is 23.7. The van der Waals surface area contributed by atoms with Crippen LogP contribution in [0, 0.1) is 20.8 Å². The van der Waals surface area contributed by atoms with Crippen molar-refractivity contribution in [3.8, 4) is 11.3 Å². The number of halogens is 6. The predicted octanol–water partition coefficient (Wildman–Crippen LogP) is 7.46. The minimum atomic E-state index is -4.94. The largest absolute Gasteiger partial charge is 0.455 e. The van der Waals surface area contributed by atoms with E-state index in [9.17, 15) is 26.3 Å². The Hall–Kier alpha value is -3.23. The van der Waals surface area contributed by atoms with Gasteiger partial charge in [-0.3, -0.25) is 0 Å². The Bertz CT molecular complexity index is 1090. The van der Waals surface area contributed by atoms with E-state index in [1.807, 2.05) is 32.9 Å². The molecule has 0 saturated carbocycles. The molecule has 0 aliphatic carbocycles. The third kappa shape index (κ3) is 5.52. The number of furan rings is 1. The lowest BCUT2D eigenvalue weighted by atomic mass is 10.0. The van der Waals surface area contributed by atoms with E-state index in [1.165, 1.54) is 18.3 Å².